The molecule has 11 heavy (non-hydrogen) atoms. The van der Waals surface area contributed by atoms with E-state index in [9.17, 15) is 0 Å². The molecule has 0 fully saturated rings. The van der Waals surface area contributed by atoms with Crippen LogP contribution in [0.1, 0.15) is 0 Å². The third kappa shape index (κ3) is 3.04. The molecule has 0 aliphatic rings. The van der Waals surface area contributed by atoms with Crippen LogP contribution in [0.15, 0.2) is 47.9 Å². The van der Waals surface area contributed by atoms with Gasteiger partial charge in [0.15, 0.2) is 0 Å². The van der Waals surface area contributed by atoms with Crippen LogP contribution in [0.25, 0.3) is 0 Å². The summed E-state index contributed by atoms with van der Waals surface area (Å²) in [6.45, 7) is 3.66. The average Bonchev–Trinajstić information content (AvgIpc) is 2.06. The van der Waals surface area contributed by atoms with Gasteiger partial charge in [0.05, 0.1) is 4.58 Å². The van der Waals surface area contributed by atoms with E-state index in [1.807, 2.05) is 24.3 Å². The van der Waals surface area contributed by atoms with Crippen molar-refractivity contribution in [1.29, 1.82) is 0 Å². The van der Waals surface area contributed by atoms with Crippen molar-refractivity contribution >= 4 is 24.4 Å². The Morgan fingerprint density at radius 1 is 1.36 bits per heavy atom. The van der Waals surface area contributed by atoms with Crippen molar-refractivity contribution in [3.63, 3.8) is 0 Å². The Kier molecular flexibility index (Phi) is 3.60. The molecule has 0 aliphatic heterocycles. The van der Waals surface area contributed by atoms with E-state index in [0.717, 1.165) is 0 Å². The van der Waals surface area contributed by atoms with E-state index in [0.29, 0.717) is 0 Å². The Hall–Kier alpha value is -0.340. The second-order valence-electron chi connectivity index (χ2n) is 2.06. The molecule has 1 aromatic rings. The van der Waals surface area contributed by atoms with E-state index in [2.05, 4.69) is 31.3 Å². The fourth-order valence-electron chi connectivity index (χ4n) is 0.687. The van der Waals surface area contributed by atoms with Crippen LogP contribution in [0.4, 0.5) is 0 Å². The lowest BCUT2D eigenvalue weighted by Gasteiger charge is -2.03. The Labute approximate surface area is 77.1 Å². The fourth-order valence-corrected chi connectivity index (χ4v) is 1.74. The van der Waals surface area contributed by atoms with Gasteiger partial charge < -0.3 is 0 Å². The molecule has 0 bridgehead atoms. The first-order valence-electron chi connectivity index (χ1n) is 3.35. The molecule has 0 spiro atoms. The molecule has 0 radical (unpaired) electrons. The summed E-state index contributed by atoms with van der Waals surface area (Å²) in [5, 5.41) is 0. The largest absolute Gasteiger partial charge is 0.160 e. The summed E-state index contributed by atoms with van der Waals surface area (Å²) in [6.07, 6.45) is 1.82. The lowest BCUT2D eigenvalue weighted by Crippen LogP contribution is -1.82. The van der Waals surface area contributed by atoms with Crippen LogP contribution >= 0.6 is 24.4 Å². The van der Waals surface area contributed by atoms with Crippen LogP contribution in [-0.4, -0.2) is 4.58 Å². The molecular formula is C9H10S2. The minimum Gasteiger partial charge on any atom is -0.160 e. The zero-order chi connectivity index (χ0) is 8.10. The molecule has 0 saturated carbocycles. The minimum absolute atomic E-state index is 0.192. The van der Waals surface area contributed by atoms with Crippen LogP contribution in [0.5, 0.6) is 0 Å². The van der Waals surface area contributed by atoms with Gasteiger partial charge in [-0.05, 0) is 12.1 Å². The molecule has 0 aromatic heterocycles. The maximum Gasteiger partial charge on any atom is 0.0697 e. The standard InChI is InChI=1S/C9H10S2/c1-2-9(10)11-8-6-4-3-5-7-8/h2-7,9-10H,1H2. The van der Waals surface area contributed by atoms with Crippen LogP contribution in [0, 0.1) is 0 Å². The van der Waals surface area contributed by atoms with E-state index in [-0.39, 0.29) is 4.58 Å². The second kappa shape index (κ2) is 4.52. The quantitative estimate of drug-likeness (QED) is 0.324. The zero-order valence-electron chi connectivity index (χ0n) is 6.10. The van der Waals surface area contributed by atoms with E-state index >= 15 is 0 Å². The lowest BCUT2D eigenvalue weighted by molar-refractivity contribution is 1.45. The molecule has 1 aromatic carbocycles. The SMILES string of the molecule is C=CC(S)Sc1ccccc1. The normalized spacial score (nSPS) is 12.5. The molecule has 1 rings (SSSR count). The molecule has 0 N–H and O–H groups in total. The van der Waals surface area contributed by atoms with Gasteiger partial charge in [-0.15, -0.1) is 18.3 Å². The Balaban J connectivity index is 2.57. The maximum absolute atomic E-state index is 4.29. The van der Waals surface area contributed by atoms with E-state index in [1.54, 1.807) is 11.8 Å². The molecule has 1 unspecified atom stereocenters. The first kappa shape index (κ1) is 8.75. The molecule has 1 atom stereocenters. The predicted molar refractivity (Wildman–Crippen MR) is 55.3 cm³/mol. The highest BCUT2D eigenvalue weighted by Crippen LogP contribution is 2.25. The number of benzene rings is 1. The second-order valence-corrected chi connectivity index (χ2v) is 4.18. The molecule has 0 heterocycles. The Morgan fingerprint density at radius 2 is 2.00 bits per heavy atom. The van der Waals surface area contributed by atoms with E-state index < -0.39 is 0 Å². The van der Waals surface area contributed by atoms with Crippen molar-refractivity contribution in [3.8, 4) is 0 Å². The van der Waals surface area contributed by atoms with Crippen molar-refractivity contribution in [1.82, 2.24) is 0 Å². The predicted octanol–water partition coefficient (Wildman–Crippen LogP) is 3.22. The number of rotatable bonds is 3. The van der Waals surface area contributed by atoms with Gasteiger partial charge in [0.1, 0.15) is 0 Å². The van der Waals surface area contributed by atoms with Gasteiger partial charge in [-0.1, -0.05) is 24.3 Å². The topological polar surface area (TPSA) is 0 Å². The van der Waals surface area contributed by atoms with Gasteiger partial charge >= 0.3 is 0 Å². The van der Waals surface area contributed by atoms with Gasteiger partial charge in [0.25, 0.3) is 0 Å². The minimum atomic E-state index is 0.192. The van der Waals surface area contributed by atoms with Gasteiger partial charge in [-0.3, -0.25) is 0 Å². The first-order chi connectivity index (χ1) is 5.33. The number of hydrogen-bond acceptors (Lipinski definition) is 2. The van der Waals surface area contributed by atoms with Crippen molar-refractivity contribution < 1.29 is 0 Å². The highest BCUT2D eigenvalue weighted by molar-refractivity contribution is 8.10. The third-order valence-corrected chi connectivity index (χ3v) is 2.71. The van der Waals surface area contributed by atoms with Crippen LogP contribution in [0.3, 0.4) is 0 Å². The fraction of sp³-hybridized carbons (Fsp3) is 0.111. The first-order valence-corrected chi connectivity index (χ1v) is 4.75. The average molecular weight is 182 g/mol. The van der Waals surface area contributed by atoms with E-state index in [4.69, 9.17) is 0 Å². The third-order valence-electron chi connectivity index (χ3n) is 1.20. The van der Waals surface area contributed by atoms with Gasteiger partial charge in [-0.25, -0.2) is 0 Å². The highest BCUT2D eigenvalue weighted by Gasteiger charge is 1.97. The lowest BCUT2D eigenvalue weighted by atomic mass is 10.4. The van der Waals surface area contributed by atoms with Crippen LogP contribution in [-0.2, 0) is 0 Å². The highest BCUT2D eigenvalue weighted by atomic mass is 32.2. The van der Waals surface area contributed by atoms with Crippen molar-refractivity contribution in [2.75, 3.05) is 0 Å². The van der Waals surface area contributed by atoms with Crippen LogP contribution in [0.2, 0.25) is 0 Å². The molecule has 0 aliphatic carbocycles. The monoisotopic (exact) mass is 182 g/mol. The van der Waals surface area contributed by atoms with Crippen molar-refractivity contribution in [2.45, 2.75) is 9.48 Å². The summed E-state index contributed by atoms with van der Waals surface area (Å²) in [4.78, 5) is 1.23. The van der Waals surface area contributed by atoms with Crippen molar-refractivity contribution in [3.05, 3.63) is 43.0 Å². The Bertz CT molecular complexity index is 218. The summed E-state index contributed by atoms with van der Waals surface area (Å²) < 4.78 is 0.192. The number of thiol groups is 1. The molecule has 0 amide bonds. The molecule has 2 heteroatoms. The number of thioether (sulfide) groups is 1. The molecule has 0 nitrogen and oxygen atoms in total. The summed E-state index contributed by atoms with van der Waals surface area (Å²) in [7, 11) is 0. The summed E-state index contributed by atoms with van der Waals surface area (Å²) in [5.41, 5.74) is 0. The summed E-state index contributed by atoms with van der Waals surface area (Å²) >= 11 is 5.98. The summed E-state index contributed by atoms with van der Waals surface area (Å²) in [5.74, 6) is 0. The van der Waals surface area contributed by atoms with Gasteiger partial charge in [-0.2, -0.15) is 12.6 Å². The molecule has 0 saturated heterocycles. The zero-order valence-corrected chi connectivity index (χ0v) is 7.81. The van der Waals surface area contributed by atoms with E-state index in [1.165, 1.54) is 4.90 Å². The smallest absolute Gasteiger partial charge is 0.0697 e. The summed E-state index contributed by atoms with van der Waals surface area (Å²) in [6, 6.07) is 10.2. The number of hydrogen-bond donors (Lipinski definition) is 1. The Morgan fingerprint density at radius 3 is 2.55 bits per heavy atom. The van der Waals surface area contributed by atoms with Gasteiger partial charge in [0.2, 0.25) is 0 Å². The van der Waals surface area contributed by atoms with Gasteiger partial charge in [0, 0.05) is 4.90 Å². The molecule has 58 valence electrons. The maximum atomic E-state index is 4.29. The van der Waals surface area contributed by atoms with Crippen molar-refractivity contribution in [2.24, 2.45) is 0 Å². The molecular weight excluding hydrogens is 172 g/mol. The van der Waals surface area contributed by atoms with Crippen LogP contribution < -0.4 is 0 Å².